The zero-order chi connectivity index (χ0) is 18.5. The quantitative estimate of drug-likeness (QED) is 0.221. The molecule has 0 unspecified atom stereocenters. The first-order valence-electron chi connectivity index (χ1n) is 8.75. The first-order chi connectivity index (χ1) is 13.3. The molecule has 132 valence electrons. The molecule has 0 spiro atoms. The minimum atomic E-state index is 0.458. The van der Waals surface area contributed by atoms with Crippen LogP contribution in [0.2, 0.25) is 0 Å². The van der Waals surface area contributed by atoms with Crippen LogP contribution in [0.3, 0.4) is 0 Å². The van der Waals surface area contributed by atoms with Crippen LogP contribution in [-0.2, 0) is 5.75 Å². The Morgan fingerprint density at radius 2 is 1.41 bits per heavy atom. The third-order valence-corrected chi connectivity index (χ3v) is 5.24. The van der Waals surface area contributed by atoms with E-state index in [-0.39, 0.29) is 0 Å². The van der Waals surface area contributed by atoms with Crippen molar-refractivity contribution in [3.63, 3.8) is 0 Å². The van der Waals surface area contributed by atoms with Gasteiger partial charge in [-0.2, -0.15) is 5.10 Å². The minimum Gasteiger partial charge on any atom is -0.377 e. The Bertz CT molecular complexity index is 1080. The highest BCUT2D eigenvalue weighted by atomic mass is 32.2. The number of hydrogen-bond donors (Lipinski definition) is 1. The maximum Gasteiger partial charge on any atom is 0.180 e. The molecular formula is C23H19N3S. The number of thioether (sulfide) groups is 1. The van der Waals surface area contributed by atoms with Crippen molar-refractivity contribution in [3.05, 3.63) is 96.1 Å². The second kappa shape index (κ2) is 8.06. The third kappa shape index (κ3) is 4.01. The third-order valence-electron chi connectivity index (χ3n) is 4.39. The summed E-state index contributed by atoms with van der Waals surface area (Å²) in [6.07, 6.45) is 1.81. The zero-order valence-corrected chi connectivity index (χ0v) is 15.6. The lowest BCUT2D eigenvalue weighted by molar-refractivity contribution is 1.25. The van der Waals surface area contributed by atoms with Gasteiger partial charge < -0.3 is 5.73 Å². The predicted molar refractivity (Wildman–Crippen MR) is 118 cm³/mol. The van der Waals surface area contributed by atoms with E-state index in [1.165, 1.54) is 28.1 Å². The molecule has 0 aliphatic carbocycles. The summed E-state index contributed by atoms with van der Waals surface area (Å²) in [7, 11) is 0. The smallest absolute Gasteiger partial charge is 0.180 e. The summed E-state index contributed by atoms with van der Waals surface area (Å²) in [6.45, 7) is 0. The van der Waals surface area contributed by atoms with Gasteiger partial charge in [0.15, 0.2) is 5.17 Å². The Labute approximate surface area is 162 Å². The van der Waals surface area contributed by atoms with Gasteiger partial charge in [-0.25, -0.2) is 0 Å². The van der Waals surface area contributed by atoms with Gasteiger partial charge in [0.25, 0.3) is 0 Å². The van der Waals surface area contributed by atoms with Crippen molar-refractivity contribution in [2.75, 3.05) is 0 Å². The van der Waals surface area contributed by atoms with Crippen LogP contribution < -0.4 is 5.73 Å². The van der Waals surface area contributed by atoms with Crippen molar-refractivity contribution in [2.45, 2.75) is 5.75 Å². The number of amidine groups is 1. The van der Waals surface area contributed by atoms with Gasteiger partial charge in [-0.3, -0.25) is 0 Å². The molecule has 0 radical (unpaired) electrons. The highest BCUT2D eigenvalue weighted by molar-refractivity contribution is 8.13. The number of rotatable bonds is 4. The number of hydrogen-bond acceptors (Lipinski definition) is 3. The molecule has 0 bridgehead atoms. The molecule has 4 aromatic carbocycles. The second-order valence-electron chi connectivity index (χ2n) is 6.19. The first kappa shape index (κ1) is 17.3. The maximum atomic E-state index is 6.01. The van der Waals surface area contributed by atoms with Gasteiger partial charge in [0.1, 0.15) is 0 Å². The fourth-order valence-electron chi connectivity index (χ4n) is 3.09. The second-order valence-corrected chi connectivity index (χ2v) is 7.19. The molecule has 0 aliphatic rings. The molecule has 0 fully saturated rings. The molecule has 4 rings (SSSR count). The Hall–Kier alpha value is -3.11. The molecule has 4 aromatic rings. The van der Waals surface area contributed by atoms with Crippen LogP contribution in [0.1, 0.15) is 11.1 Å². The van der Waals surface area contributed by atoms with E-state index in [2.05, 4.69) is 52.7 Å². The summed E-state index contributed by atoms with van der Waals surface area (Å²) in [5.41, 5.74) is 8.29. The van der Waals surface area contributed by atoms with E-state index in [1.54, 1.807) is 6.21 Å². The van der Waals surface area contributed by atoms with E-state index in [0.29, 0.717) is 5.17 Å². The van der Waals surface area contributed by atoms with Crippen LogP contribution in [0.25, 0.3) is 21.5 Å². The molecule has 27 heavy (non-hydrogen) atoms. The fraction of sp³-hybridized carbons (Fsp3) is 0.0435. The van der Waals surface area contributed by atoms with Gasteiger partial charge in [-0.1, -0.05) is 90.6 Å². The summed E-state index contributed by atoms with van der Waals surface area (Å²) in [5.74, 6) is 0.781. The van der Waals surface area contributed by atoms with Crippen molar-refractivity contribution in [1.82, 2.24) is 0 Å². The Morgan fingerprint density at radius 3 is 2.07 bits per heavy atom. The first-order valence-corrected chi connectivity index (χ1v) is 9.73. The van der Waals surface area contributed by atoms with E-state index in [1.807, 2.05) is 42.5 Å². The summed E-state index contributed by atoms with van der Waals surface area (Å²) >= 11 is 1.49. The molecule has 0 aromatic heterocycles. The lowest BCUT2D eigenvalue weighted by Crippen LogP contribution is -2.06. The fourth-order valence-corrected chi connectivity index (χ4v) is 3.70. The molecular weight excluding hydrogens is 350 g/mol. The highest BCUT2D eigenvalue weighted by Gasteiger charge is 2.05. The standard InChI is InChI=1S/C23H19N3S/c24-23(27-16-17-8-2-1-3-9-17)26-25-15-22-20-12-6-4-10-18(20)14-19-11-5-7-13-21(19)22/h1-15H,16H2,(H2,24,26). The Balaban J connectivity index is 1.61. The monoisotopic (exact) mass is 369 g/mol. The topological polar surface area (TPSA) is 50.7 Å². The van der Waals surface area contributed by atoms with Crippen molar-refractivity contribution in [3.8, 4) is 0 Å². The summed E-state index contributed by atoms with van der Waals surface area (Å²) in [4.78, 5) is 0. The lowest BCUT2D eigenvalue weighted by atomic mass is 9.97. The number of nitrogens with two attached hydrogens (primary N) is 1. The van der Waals surface area contributed by atoms with Crippen LogP contribution in [-0.4, -0.2) is 11.4 Å². The summed E-state index contributed by atoms with van der Waals surface area (Å²) in [5, 5.41) is 13.6. The van der Waals surface area contributed by atoms with Crippen LogP contribution in [0.4, 0.5) is 0 Å². The van der Waals surface area contributed by atoms with Gasteiger partial charge in [0.2, 0.25) is 0 Å². The lowest BCUT2D eigenvalue weighted by Gasteiger charge is -2.07. The van der Waals surface area contributed by atoms with E-state index >= 15 is 0 Å². The van der Waals surface area contributed by atoms with E-state index in [4.69, 9.17) is 5.73 Å². The molecule has 2 N–H and O–H groups in total. The van der Waals surface area contributed by atoms with E-state index in [9.17, 15) is 0 Å². The van der Waals surface area contributed by atoms with E-state index < -0.39 is 0 Å². The molecule has 0 aliphatic heterocycles. The predicted octanol–water partition coefficient (Wildman–Crippen LogP) is 5.58. The molecule has 0 amide bonds. The van der Waals surface area contributed by atoms with Gasteiger partial charge in [0, 0.05) is 11.3 Å². The molecule has 4 heteroatoms. The number of benzene rings is 4. The Morgan fingerprint density at radius 1 is 0.815 bits per heavy atom. The highest BCUT2D eigenvalue weighted by Crippen LogP contribution is 2.27. The van der Waals surface area contributed by atoms with Crippen LogP contribution in [0.5, 0.6) is 0 Å². The van der Waals surface area contributed by atoms with Gasteiger partial charge in [-0.05, 0) is 33.2 Å². The number of nitrogens with zero attached hydrogens (tertiary/aromatic N) is 2. The van der Waals surface area contributed by atoms with Crippen LogP contribution in [0, 0.1) is 0 Å². The van der Waals surface area contributed by atoms with Crippen molar-refractivity contribution < 1.29 is 0 Å². The maximum absolute atomic E-state index is 6.01. The molecule has 0 saturated heterocycles. The average Bonchev–Trinajstić information content (AvgIpc) is 2.72. The van der Waals surface area contributed by atoms with Crippen molar-refractivity contribution >= 4 is 44.7 Å². The average molecular weight is 369 g/mol. The zero-order valence-electron chi connectivity index (χ0n) is 14.7. The van der Waals surface area contributed by atoms with Crippen LogP contribution in [0.15, 0.2) is 95.1 Å². The molecule has 0 heterocycles. The normalized spacial score (nSPS) is 12.2. The van der Waals surface area contributed by atoms with Crippen molar-refractivity contribution in [2.24, 2.45) is 15.9 Å². The van der Waals surface area contributed by atoms with Gasteiger partial charge in [-0.15, -0.1) is 5.10 Å². The summed E-state index contributed by atoms with van der Waals surface area (Å²) < 4.78 is 0. The Kier molecular flexibility index (Phi) is 5.17. The minimum absolute atomic E-state index is 0.458. The molecule has 0 atom stereocenters. The molecule has 3 nitrogen and oxygen atoms in total. The van der Waals surface area contributed by atoms with Crippen LogP contribution >= 0.6 is 11.8 Å². The van der Waals surface area contributed by atoms with E-state index in [0.717, 1.165) is 22.1 Å². The number of fused-ring (bicyclic) bond motifs is 2. The van der Waals surface area contributed by atoms with Gasteiger partial charge >= 0.3 is 0 Å². The summed E-state index contributed by atoms with van der Waals surface area (Å²) in [6, 6.07) is 29.0. The SMILES string of the molecule is NC(=NN=Cc1c2ccccc2cc2ccccc12)SCc1ccccc1. The largest absolute Gasteiger partial charge is 0.377 e. The van der Waals surface area contributed by atoms with Gasteiger partial charge in [0.05, 0.1) is 6.21 Å². The molecule has 0 saturated carbocycles. The van der Waals surface area contributed by atoms with Crippen molar-refractivity contribution in [1.29, 1.82) is 0 Å².